The van der Waals surface area contributed by atoms with Crippen molar-refractivity contribution in [3.05, 3.63) is 53.1 Å². The Labute approximate surface area is 165 Å². The van der Waals surface area contributed by atoms with E-state index in [0.717, 1.165) is 38.9 Å². The molecule has 144 valence electrons. The van der Waals surface area contributed by atoms with Crippen molar-refractivity contribution in [1.82, 2.24) is 4.90 Å². The van der Waals surface area contributed by atoms with E-state index in [9.17, 15) is 4.79 Å². The van der Waals surface area contributed by atoms with Crippen molar-refractivity contribution >= 4 is 28.9 Å². The summed E-state index contributed by atoms with van der Waals surface area (Å²) in [7, 11) is 1.55. The van der Waals surface area contributed by atoms with Crippen molar-refractivity contribution in [2.45, 2.75) is 19.3 Å². The van der Waals surface area contributed by atoms with Gasteiger partial charge in [0, 0.05) is 18.5 Å². The van der Waals surface area contributed by atoms with Gasteiger partial charge < -0.3 is 20.7 Å². The normalized spacial score (nSPS) is 15.5. The van der Waals surface area contributed by atoms with Gasteiger partial charge in [0.15, 0.2) is 0 Å². The maximum absolute atomic E-state index is 12.7. The van der Waals surface area contributed by atoms with Gasteiger partial charge in [-0.2, -0.15) is 0 Å². The Morgan fingerprint density at radius 1 is 1.26 bits per heavy atom. The molecule has 1 aliphatic heterocycles. The minimum absolute atomic E-state index is 0.000917. The molecule has 3 N–H and O–H groups in total. The molecule has 2 aromatic rings. The Morgan fingerprint density at radius 3 is 2.63 bits per heavy atom. The molecule has 5 nitrogen and oxygen atoms in total. The van der Waals surface area contributed by atoms with E-state index in [1.165, 1.54) is 5.56 Å². The lowest BCUT2D eigenvalue weighted by Crippen LogP contribution is -2.39. The van der Waals surface area contributed by atoms with Crippen molar-refractivity contribution in [3.8, 4) is 5.75 Å². The summed E-state index contributed by atoms with van der Waals surface area (Å²) in [5, 5.41) is 3.35. The van der Waals surface area contributed by atoms with Gasteiger partial charge in [0.05, 0.1) is 23.5 Å². The summed E-state index contributed by atoms with van der Waals surface area (Å²) in [6.45, 7) is 2.90. The number of nitrogens with one attached hydrogen (secondary N) is 1. The number of carbonyl (C=O) groups excluding carboxylic acids is 1. The number of benzene rings is 2. The Balaban J connectivity index is 1.51. The summed E-state index contributed by atoms with van der Waals surface area (Å²) in [6.07, 6.45) is 2.75. The van der Waals surface area contributed by atoms with Gasteiger partial charge in [-0.05, 0) is 44.0 Å². The van der Waals surface area contributed by atoms with Crippen molar-refractivity contribution in [3.63, 3.8) is 0 Å². The number of anilines is 2. The van der Waals surface area contributed by atoms with E-state index in [1.54, 1.807) is 19.2 Å². The monoisotopic (exact) mass is 387 g/mol. The van der Waals surface area contributed by atoms with E-state index in [-0.39, 0.29) is 11.8 Å². The van der Waals surface area contributed by atoms with E-state index in [4.69, 9.17) is 22.1 Å². The highest BCUT2D eigenvalue weighted by atomic mass is 35.5. The van der Waals surface area contributed by atoms with Crippen LogP contribution in [0, 0.1) is 5.92 Å². The summed E-state index contributed by atoms with van der Waals surface area (Å²) in [6, 6.07) is 13.8. The van der Waals surface area contributed by atoms with Crippen LogP contribution >= 0.6 is 11.6 Å². The highest BCUT2D eigenvalue weighted by Gasteiger charge is 2.25. The third-order valence-corrected chi connectivity index (χ3v) is 5.42. The first-order valence-corrected chi connectivity index (χ1v) is 9.64. The van der Waals surface area contributed by atoms with E-state index < -0.39 is 0 Å². The van der Waals surface area contributed by atoms with Gasteiger partial charge in [0.2, 0.25) is 5.91 Å². The quantitative estimate of drug-likeness (QED) is 0.739. The highest BCUT2D eigenvalue weighted by molar-refractivity contribution is 6.33. The fourth-order valence-corrected chi connectivity index (χ4v) is 3.58. The molecule has 0 bridgehead atoms. The van der Waals surface area contributed by atoms with Crippen LogP contribution in [0.15, 0.2) is 42.5 Å². The van der Waals surface area contributed by atoms with Gasteiger partial charge in [0.1, 0.15) is 5.75 Å². The molecule has 0 spiro atoms. The number of nitrogens with zero attached hydrogens (tertiary/aromatic N) is 1. The molecule has 0 unspecified atom stereocenters. The molecule has 0 atom stereocenters. The van der Waals surface area contributed by atoms with E-state index in [0.29, 0.717) is 22.1 Å². The first-order valence-electron chi connectivity index (χ1n) is 9.27. The number of methoxy groups -OCH3 is 1. The van der Waals surface area contributed by atoms with E-state index in [2.05, 4.69) is 34.5 Å². The molecule has 1 saturated heterocycles. The Hall–Kier alpha value is -2.24. The largest absolute Gasteiger partial charge is 0.494 e. The van der Waals surface area contributed by atoms with E-state index in [1.807, 2.05) is 6.07 Å². The molecule has 1 fully saturated rings. The number of hydrogen-bond donors (Lipinski definition) is 2. The maximum Gasteiger partial charge on any atom is 0.227 e. The van der Waals surface area contributed by atoms with Gasteiger partial charge in [-0.15, -0.1) is 0 Å². The first kappa shape index (κ1) is 19.5. The Bertz CT molecular complexity index is 774. The zero-order valence-electron chi connectivity index (χ0n) is 15.6. The summed E-state index contributed by atoms with van der Waals surface area (Å²) < 4.78 is 5.30. The van der Waals surface area contributed by atoms with Gasteiger partial charge >= 0.3 is 0 Å². The molecule has 0 radical (unpaired) electrons. The topological polar surface area (TPSA) is 67.6 Å². The first-order chi connectivity index (χ1) is 13.1. The molecule has 3 rings (SSSR count). The minimum Gasteiger partial charge on any atom is -0.494 e. The summed E-state index contributed by atoms with van der Waals surface area (Å²) in [5.74, 6) is 0.529. The number of hydrogen-bond acceptors (Lipinski definition) is 4. The molecule has 6 heteroatoms. The smallest absolute Gasteiger partial charge is 0.227 e. The minimum atomic E-state index is -0.000917. The lowest BCUT2D eigenvalue weighted by Gasteiger charge is -2.31. The zero-order valence-corrected chi connectivity index (χ0v) is 16.3. The molecular formula is C21H26ClN3O2. The molecule has 0 saturated carbocycles. The third kappa shape index (κ3) is 5.15. The predicted octanol–water partition coefficient (Wildman–Crippen LogP) is 3.82. The molecular weight excluding hydrogens is 362 g/mol. The van der Waals surface area contributed by atoms with Crippen molar-refractivity contribution in [2.24, 2.45) is 5.92 Å². The third-order valence-electron chi connectivity index (χ3n) is 5.09. The van der Waals surface area contributed by atoms with Crippen LogP contribution in [-0.4, -0.2) is 37.6 Å². The lowest BCUT2D eigenvalue weighted by atomic mass is 9.95. The number of likely N-dealkylation sites (tertiary alicyclic amines) is 1. The van der Waals surface area contributed by atoms with Crippen molar-refractivity contribution < 1.29 is 9.53 Å². The van der Waals surface area contributed by atoms with Crippen LogP contribution in [-0.2, 0) is 11.2 Å². The molecule has 1 heterocycles. The molecule has 27 heavy (non-hydrogen) atoms. The molecule has 0 aliphatic carbocycles. The van der Waals surface area contributed by atoms with Crippen LogP contribution in [0.25, 0.3) is 0 Å². The molecule has 1 amide bonds. The summed E-state index contributed by atoms with van der Waals surface area (Å²) in [4.78, 5) is 15.1. The van der Waals surface area contributed by atoms with Gasteiger partial charge in [-0.3, -0.25) is 4.79 Å². The number of halogens is 1. The number of nitrogens with two attached hydrogens (primary N) is 1. The second-order valence-electron chi connectivity index (χ2n) is 6.91. The second-order valence-corrected chi connectivity index (χ2v) is 7.32. The number of nitrogen functional groups attached to an aromatic ring is 1. The number of ether oxygens (including phenoxy) is 1. The molecule has 1 aliphatic rings. The Kier molecular flexibility index (Phi) is 6.58. The Morgan fingerprint density at radius 2 is 1.96 bits per heavy atom. The van der Waals surface area contributed by atoms with Crippen LogP contribution in [0.3, 0.4) is 0 Å². The van der Waals surface area contributed by atoms with Crippen molar-refractivity contribution in [2.75, 3.05) is 37.8 Å². The average Bonchev–Trinajstić information content (AvgIpc) is 2.70. The molecule has 0 aromatic heterocycles. The predicted molar refractivity (Wildman–Crippen MR) is 110 cm³/mol. The standard InChI is InChI=1S/C21H26ClN3O2/c1-27-20-14-18(23)17(22)13-19(20)24-21(26)16-8-11-25(12-9-16)10-7-15-5-3-2-4-6-15/h2-6,13-14,16H,7-12,23H2,1H3,(H,24,26). The summed E-state index contributed by atoms with van der Waals surface area (Å²) >= 11 is 6.08. The van der Waals surface area contributed by atoms with Crippen LogP contribution in [0.1, 0.15) is 18.4 Å². The zero-order chi connectivity index (χ0) is 19.2. The fraction of sp³-hybridized carbons (Fsp3) is 0.381. The SMILES string of the molecule is COc1cc(N)c(Cl)cc1NC(=O)C1CCN(CCc2ccccc2)CC1. The van der Waals surface area contributed by atoms with Crippen LogP contribution in [0.2, 0.25) is 5.02 Å². The summed E-state index contributed by atoms with van der Waals surface area (Å²) in [5.41, 5.74) is 8.14. The van der Waals surface area contributed by atoms with Crippen LogP contribution in [0.5, 0.6) is 5.75 Å². The molecule has 2 aromatic carbocycles. The van der Waals surface area contributed by atoms with Crippen molar-refractivity contribution in [1.29, 1.82) is 0 Å². The maximum atomic E-state index is 12.7. The van der Waals surface area contributed by atoms with Crippen LogP contribution in [0.4, 0.5) is 11.4 Å². The number of piperidine rings is 1. The van der Waals surface area contributed by atoms with Gasteiger partial charge in [-0.25, -0.2) is 0 Å². The van der Waals surface area contributed by atoms with Crippen LogP contribution < -0.4 is 15.8 Å². The lowest BCUT2D eigenvalue weighted by molar-refractivity contribution is -0.121. The number of amides is 1. The second kappa shape index (κ2) is 9.11. The highest BCUT2D eigenvalue weighted by Crippen LogP contribution is 2.33. The van der Waals surface area contributed by atoms with E-state index >= 15 is 0 Å². The fourth-order valence-electron chi connectivity index (χ4n) is 3.42. The number of rotatable bonds is 6. The van der Waals surface area contributed by atoms with Gasteiger partial charge in [-0.1, -0.05) is 41.9 Å². The van der Waals surface area contributed by atoms with Gasteiger partial charge in [0.25, 0.3) is 0 Å². The number of carbonyl (C=O) groups is 1. The average molecular weight is 388 g/mol.